The van der Waals surface area contributed by atoms with E-state index < -0.39 is 0 Å². The van der Waals surface area contributed by atoms with Gasteiger partial charge in [-0.1, -0.05) is 20.3 Å². The number of rotatable bonds is 7. The minimum absolute atomic E-state index is 0.342. The van der Waals surface area contributed by atoms with Gasteiger partial charge in [0.05, 0.1) is 6.10 Å². The quantitative estimate of drug-likeness (QED) is 0.636. The number of ether oxygens (including phenoxy) is 1. The number of hydrogen-bond donors (Lipinski definition) is 1. The molecule has 0 aliphatic heterocycles. The first-order valence-electron chi connectivity index (χ1n) is 4.96. The average Bonchev–Trinajstić information content (AvgIpc) is 2.02. The number of nitrogens with one attached hydrogen (secondary N) is 1. The fraction of sp³-hybridized carbons (Fsp3) is 1.00. The molecule has 12 heavy (non-hydrogen) atoms. The van der Waals surface area contributed by atoms with Crippen LogP contribution in [-0.2, 0) is 4.74 Å². The summed E-state index contributed by atoms with van der Waals surface area (Å²) < 4.78 is 5.63. The van der Waals surface area contributed by atoms with Gasteiger partial charge >= 0.3 is 0 Å². The molecule has 1 N–H and O–H groups in total. The highest BCUT2D eigenvalue weighted by atomic mass is 16.5. The van der Waals surface area contributed by atoms with Crippen LogP contribution in [0.4, 0.5) is 0 Å². The summed E-state index contributed by atoms with van der Waals surface area (Å²) in [6.45, 7) is 8.41. The first-order valence-corrected chi connectivity index (χ1v) is 4.96. The van der Waals surface area contributed by atoms with Crippen LogP contribution in [0.15, 0.2) is 0 Å². The minimum Gasteiger partial charge on any atom is -0.377 e. The van der Waals surface area contributed by atoms with E-state index in [9.17, 15) is 0 Å². The first-order chi connectivity index (χ1) is 5.70. The Morgan fingerprint density at radius 2 is 2.00 bits per heavy atom. The zero-order valence-electron chi connectivity index (χ0n) is 8.89. The van der Waals surface area contributed by atoms with Crippen LogP contribution in [0.5, 0.6) is 0 Å². The second kappa shape index (κ2) is 7.56. The zero-order valence-corrected chi connectivity index (χ0v) is 8.89. The molecule has 0 fully saturated rings. The van der Waals surface area contributed by atoms with E-state index in [0.29, 0.717) is 12.0 Å². The molecule has 0 aromatic heterocycles. The number of likely N-dealkylation sites (N-methyl/N-ethyl adjacent to an activating group) is 1. The maximum absolute atomic E-state index is 5.63. The molecule has 74 valence electrons. The molecule has 0 radical (unpaired) electrons. The van der Waals surface area contributed by atoms with Crippen LogP contribution < -0.4 is 5.32 Å². The number of hydrogen-bond acceptors (Lipinski definition) is 2. The van der Waals surface area contributed by atoms with Gasteiger partial charge in [-0.25, -0.2) is 0 Å². The lowest BCUT2D eigenvalue weighted by Gasteiger charge is -2.16. The van der Waals surface area contributed by atoms with Gasteiger partial charge in [0, 0.05) is 13.2 Å². The molecule has 0 rings (SSSR count). The van der Waals surface area contributed by atoms with Crippen molar-refractivity contribution in [3.05, 3.63) is 0 Å². The van der Waals surface area contributed by atoms with E-state index >= 15 is 0 Å². The Hall–Kier alpha value is -0.0800. The molecule has 0 saturated heterocycles. The van der Waals surface area contributed by atoms with Gasteiger partial charge in [0.1, 0.15) is 0 Å². The van der Waals surface area contributed by atoms with Crippen LogP contribution in [0.1, 0.15) is 33.6 Å². The van der Waals surface area contributed by atoms with Crippen molar-refractivity contribution in [2.45, 2.75) is 39.7 Å². The predicted molar refractivity (Wildman–Crippen MR) is 53.4 cm³/mol. The summed E-state index contributed by atoms with van der Waals surface area (Å²) >= 11 is 0. The van der Waals surface area contributed by atoms with Crippen LogP contribution in [0.25, 0.3) is 0 Å². The zero-order chi connectivity index (χ0) is 9.40. The van der Waals surface area contributed by atoms with Crippen molar-refractivity contribution in [3.63, 3.8) is 0 Å². The van der Waals surface area contributed by atoms with Crippen molar-refractivity contribution in [1.29, 1.82) is 0 Å². The summed E-state index contributed by atoms with van der Waals surface area (Å²) in [7, 11) is 1.95. The summed E-state index contributed by atoms with van der Waals surface area (Å²) in [6, 6.07) is 0. The van der Waals surface area contributed by atoms with Crippen LogP contribution >= 0.6 is 0 Å². The summed E-state index contributed by atoms with van der Waals surface area (Å²) in [6.07, 6.45) is 2.87. The molecule has 0 spiro atoms. The molecule has 2 nitrogen and oxygen atoms in total. The topological polar surface area (TPSA) is 21.3 Å². The highest BCUT2D eigenvalue weighted by Crippen LogP contribution is 2.06. The molecular weight excluding hydrogens is 150 g/mol. The van der Waals surface area contributed by atoms with E-state index in [1.54, 1.807) is 0 Å². The molecule has 0 aliphatic carbocycles. The predicted octanol–water partition coefficient (Wildman–Crippen LogP) is 2.05. The second-order valence-corrected chi connectivity index (χ2v) is 3.60. The molecular formula is C10H23NO. The standard InChI is InChI=1S/C10H23NO/c1-5-6-9(2)8-12-10(3)7-11-4/h9-11H,5-8H2,1-4H3. The highest BCUT2D eigenvalue weighted by Gasteiger charge is 2.04. The van der Waals surface area contributed by atoms with Gasteiger partial charge in [-0.05, 0) is 26.3 Å². The third-order valence-electron chi connectivity index (χ3n) is 1.94. The lowest BCUT2D eigenvalue weighted by molar-refractivity contribution is 0.0433. The smallest absolute Gasteiger partial charge is 0.0671 e. The Morgan fingerprint density at radius 3 is 2.50 bits per heavy atom. The SMILES string of the molecule is CCCC(C)COC(C)CNC. The lowest BCUT2D eigenvalue weighted by atomic mass is 10.1. The van der Waals surface area contributed by atoms with Crippen molar-refractivity contribution in [2.75, 3.05) is 20.2 Å². The Bertz CT molecular complexity index is 83.8. The Morgan fingerprint density at radius 1 is 1.33 bits per heavy atom. The van der Waals surface area contributed by atoms with E-state index in [1.807, 2.05) is 7.05 Å². The third kappa shape index (κ3) is 6.62. The summed E-state index contributed by atoms with van der Waals surface area (Å²) in [5.74, 6) is 0.703. The largest absolute Gasteiger partial charge is 0.377 e. The first kappa shape index (κ1) is 11.9. The van der Waals surface area contributed by atoms with Crippen LogP contribution in [-0.4, -0.2) is 26.3 Å². The molecule has 0 heterocycles. The van der Waals surface area contributed by atoms with Crippen LogP contribution in [0.2, 0.25) is 0 Å². The average molecular weight is 173 g/mol. The fourth-order valence-electron chi connectivity index (χ4n) is 1.25. The fourth-order valence-corrected chi connectivity index (χ4v) is 1.25. The third-order valence-corrected chi connectivity index (χ3v) is 1.94. The van der Waals surface area contributed by atoms with Crippen molar-refractivity contribution >= 4 is 0 Å². The Balaban J connectivity index is 3.27. The molecule has 2 unspecified atom stereocenters. The van der Waals surface area contributed by atoms with Gasteiger partial charge in [0.2, 0.25) is 0 Å². The molecule has 0 saturated carbocycles. The molecule has 0 aromatic rings. The van der Waals surface area contributed by atoms with Crippen molar-refractivity contribution in [3.8, 4) is 0 Å². The molecule has 2 atom stereocenters. The molecule has 0 aromatic carbocycles. The molecule has 2 heteroatoms. The summed E-state index contributed by atoms with van der Waals surface area (Å²) in [5.41, 5.74) is 0. The lowest BCUT2D eigenvalue weighted by Crippen LogP contribution is -2.25. The van der Waals surface area contributed by atoms with Crippen LogP contribution in [0.3, 0.4) is 0 Å². The van der Waals surface area contributed by atoms with E-state index in [2.05, 4.69) is 26.1 Å². The summed E-state index contributed by atoms with van der Waals surface area (Å²) in [4.78, 5) is 0. The van der Waals surface area contributed by atoms with Gasteiger partial charge in [-0.2, -0.15) is 0 Å². The van der Waals surface area contributed by atoms with Gasteiger partial charge in [-0.15, -0.1) is 0 Å². The second-order valence-electron chi connectivity index (χ2n) is 3.60. The molecule has 0 bridgehead atoms. The highest BCUT2D eigenvalue weighted by molar-refractivity contribution is 4.55. The molecule has 0 amide bonds. The van der Waals surface area contributed by atoms with E-state index in [4.69, 9.17) is 4.74 Å². The van der Waals surface area contributed by atoms with Crippen LogP contribution in [0, 0.1) is 5.92 Å². The van der Waals surface area contributed by atoms with E-state index in [0.717, 1.165) is 13.2 Å². The van der Waals surface area contributed by atoms with Gasteiger partial charge < -0.3 is 10.1 Å². The maximum atomic E-state index is 5.63. The van der Waals surface area contributed by atoms with Gasteiger partial charge in [0.25, 0.3) is 0 Å². The van der Waals surface area contributed by atoms with E-state index in [1.165, 1.54) is 12.8 Å². The normalized spacial score (nSPS) is 16.0. The van der Waals surface area contributed by atoms with Gasteiger partial charge in [-0.3, -0.25) is 0 Å². The molecule has 0 aliphatic rings. The maximum Gasteiger partial charge on any atom is 0.0671 e. The van der Waals surface area contributed by atoms with Crippen molar-refractivity contribution in [2.24, 2.45) is 5.92 Å². The Kier molecular flexibility index (Phi) is 7.51. The summed E-state index contributed by atoms with van der Waals surface area (Å²) in [5, 5.41) is 3.10. The van der Waals surface area contributed by atoms with E-state index in [-0.39, 0.29) is 0 Å². The minimum atomic E-state index is 0.342. The van der Waals surface area contributed by atoms with Gasteiger partial charge in [0.15, 0.2) is 0 Å². The van der Waals surface area contributed by atoms with Crippen molar-refractivity contribution in [1.82, 2.24) is 5.32 Å². The Labute approximate surface area is 76.7 Å². The van der Waals surface area contributed by atoms with Crippen molar-refractivity contribution < 1.29 is 4.74 Å². The monoisotopic (exact) mass is 173 g/mol.